The van der Waals surface area contributed by atoms with Crippen LogP contribution in [-0.2, 0) is 14.3 Å². The minimum absolute atomic E-state index is 0.0225. The average Bonchev–Trinajstić information content (AvgIpc) is 3.56. The van der Waals surface area contributed by atoms with Gasteiger partial charge in [-0.1, -0.05) is 12.1 Å². The summed E-state index contributed by atoms with van der Waals surface area (Å²) in [5.41, 5.74) is 0.723. The lowest BCUT2D eigenvalue weighted by Gasteiger charge is -2.39. The highest BCUT2D eigenvalue weighted by atomic mass is 16.6. The number of likely N-dealkylation sites (tertiary alicyclic amines) is 3. The van der Waals surface area contributed by atoms with Crippen LogP contribution in [-0.4, -0.2) is 82.0 Å². The number of piperazine rings is 1. The van der Waals surface area contributed by atoms with Gasteiger partial charge in [0.05, 0.1) is 29.8 Å². The summed E-state index contributed by atoms with van der Waals surface area (Å²) in [5.74, 6) is -0.352. The topological polar surface area (TPSA) is 130 Å². The molecular formula is C27H34N6O4. The Hall–Kier alpha value is -3.63. The first-order valence-electron chi connectivity index (χ1n) is 12.8. The average molecular weight is 507 g/mol. The van der Waals surface area contributed by atoms with Gasteiger partial charge in [0.25, 0.3) is 0 Å². The van der Waals surface area contributed by atoms with E-state index in [-0.39, 0.29) is 30.4 Å². The Morgan fingerprint density at radius 3 is 2.68 bits per heavy atom. The summed E-state index contributed by atoms with van der Waals surface area (Å²) in [5, 5.41) is 21.4. The first-order chi connectivity index (χ1) is 17.5. The number of fused-ring (bicyclic) bond motifs is 2. The van der Waals surface area contributed by atoms with Gasteiger partial charge in [-0.05, 0) is 64.7 Å². The zero-order valence-corrected chi connectivity index (χ0v) is 21.8. The van der Waals surface area contributed by atoms with Crippen LogP contribution in [0.25, 0.3) is 0 Å². The third kappa shape index (κ3) is 5.55. The fourth-order valence-electron chi connectivity index (χ4n) is 5.66. The van der Waals surface area contributed by atoms with Crippen molar-refractivity contribution in [1.29, 1.82) is 10.5 Å². The quantitative estimate of drug-likeness (QED) is 0.627. The molecule has 3 aliphatic rings. The van der Waals surface area contributed by atoms with Crippen LogP contribution in [0.5, 0.6) is 0 Å². The molecule has 4 rings (SSSR count). The highest BCUT2D eigenvalue weighted by molar-refractivity contribution is 5.88. The van der Waals surface area contributed by atoms with Gasteiger partial charge >= 0.3 is 6.09 Å². The van der Waals surface area contributed by atoms with Crippen molar-refractivity contribution in [3.63, 3.8) is 0 Å². The largest absolute Gasteiger partial charge is 0.444 e. The first-order valence-corrected chi connectivity index (χ1v) is 12.8. The molecule has 1 aromatic carbocycles. The Bertz CT molecular complexity index is 1150. The summed E-state index contributed by atoms with van der Waals surface area (Å²) in [7, 11) is 0. The highest BCUT2D eigenvalue weighted by Gasteiger charge is 2.52. The van der Waals surface area contributed by atoms with Crippen molar-refractivity contribution in [3.05, 3.63) is 35.4 Å². The van der Waals surface area contributed by atoms with Gasteiger partial charge in [-0.2, -0.15) is 10.5 Å². The number of carbonyl (C=O) groups excluding carboxylic acids is 3. The zero-order valence-electron chi connectivity index (χ0n) is 21.8. The van der Waals surface area contributed by atoms with Crippen LogP contribution < -0.4 is 5.32 Å². The van der Waals surface area contributed by atoms with Crippen LogP contribution in [0.15, 0.2) is 24.3 Å². The second kappa shape index (κ2) is 10.4. The SMILES string of the molecule is C[C@@H](c1cccc(C#N)c1)N1C(=O)C2C[C@H]1CN2C[C@H](NC(=O)OC(C)(C)C)C(=O)N1CCC[C@H]1C#N. The molecule has 1 aromatic rings. The molecule has 0 spiro atoms. The van der Waals surface area contributed by atoms with Gasteiger partial charge in [-0.25, -0.2) is 4.79 Å². The van der Waals surface area contributed by atoms with Gasteiger partial charge in [-0.3, -0.25) is 14.5 Å². The minimum atomic E-state index is -0.936. The Morgan fingerprint density at radius 1 is 1.27 bits per heavy atom. The molecule has 3 saturated heterocycles. The molecule has 10 nitrogen and oxygen atoms in total. The molecule has 0 saturated carbocycles. The predicted octanol–water partition coefficient (Wildman–Crippen LogP) is 2.31. The number of hydrogen-bond donors (Lipinski definition) is 1. The Labute approximate surface area is 217 Å². The monoisotopic (exact) mass is 506 g/mol. The maximum atomic E-state index is 13.5. The van der Waals surface area contributed by atoms with Crippen molar-refractivity contribution in [2.24, 2.45) is 0 Å². The van der Waals surface area contributed by atoms with Gasteiger partial charge in [0.15, 0.2) is 0 Å². The molecule has 1 N–H and O–H groups in total. The number of benzene rings is 1. The van der Waals surface area contributed by atoms with Crippen molar-refractivity contribution < 1.29 is 19.1 Å². The molecule has 3 amide bonds. The summed E-state index contributed by atoms with van der Waals surface area (Å²) in [4.78, 5) is 44.9. The molecule has 2 bridgehead atoms. The van der Waals surface area contributed by atoms with Gasteiger partial charge in [0.1, 0.15) is 17.7 Å². The molecular weight excluding hydrogens is 472 g/mol. The lowest BCUT2D eigenvalue weighted by Crippen LogP contribution is -2.59. The van der Waals surface area contributed by atoms with Crippen LogP contribution in [0, 0.1) is 22.7 Å². The van der Waals surface area contributed by atoms with Crippen LogP contribution in [0.1, 0.15) is 64.1 Å². The minimum Gasteiger partial charge on any atom is -0.444 e. The van der Waals surface area contributed by atoms with Gasteiger partial charge in [-0.15, -0.1) is 0 Å². The fraction of sp³-hybridized carbons (Fsp3) is 0.593. The van der Waals surface area contributed by atoms with E-state index in [0.29, 0.717) is 31.5 Å². The summed E-state index contributed by atoms with van der Waals surface area (Å²) >= 11 is 0. The Morgan fingerprint density at radius 2 is 2.03 bits per heavy atom. The zero-order chi connectivity index (χ0) is 26.9. The molecule has 37 heavy (non-hydrogen) atoms. The van der Waals surface area contributed by atoms with Crippen LogP contribution in [0.3, 0.4) is 0 Å². The van der Waals surface area contributed by atoms with E-state index in [1.54, 1.807) is 26.8 Å². The molecule has 5 atom stereocenters. The second-order valence-corrected chi connectivity index (χ2v) is 11.0. The van der Waals surface area contributed by atoms with Crippen molar-refractivity contribution in [1.82, 2.24) is 20.0 Å². The van der Waals surface area contributed by atoms with Gasteiger partial charge in [0, 0.05) is 25.7 Å². The normalized spacial score (nSPS) is 24.9. The summed E-state index contributed by atoms with van der Waals surface area (Å²) in [6, 6.07) is 9.54. The molecule has 196 valence electrons. The van der Waals surface area contributed by atoms with Gasteiger partial charge < -0.3 is 19.9 Å². The standard InChI is InChI=1S/C27H34N6O4/c1-17(19-8-5-7-18(11-19)13-28)33-21-12-23(25(33)35)31(15-21)16-22(30-26(36)37-27(2,3)4)24(34)32-10-6-9-20(32)14-29/h5,7-8,11,17,20-23H,6,9-10,12,15-16H2,1-4H3,(H,30,36)/t17-,20-,21-,22-,23?/m0/s1. The molecule has 3 fully saturated rings. The number of carbonyl (C=O) groups is 3. The number of ether oxygens (including phenoxy) is 1. The van der Waals surface area contributed by atoms with Crippen molar-refractivity contribution in [3.8, 4) is 12.1 Å². The Kier molecular flexibility index (Phi) is 7.42. The number of nitriles is 2. The number of amides is 3. The van der Waals surface area contributed by atoms with E-state index in [4.69, 9.17) is 4.74 Å². The van der Waals surface area contributed by atoms with Crippen LogP contribution in [0.2, 0.25) is 0 Å². The number of rotatable bonds is 6. The molecule has 3 aliphatic heterocycles. The fourth-order valence-corrected chi connectivity index (χ4v) is 5.66. The summed E-state index contributed by atoms with van der Waals surface area (Å²) in [6.45, 7) is 8.39. The maximum absolute atomic E-state index is 13.5. The van der Waals surface area contributed by atoms with Gasteiger partial charge in [0.2, 0.25) is 11.8 Å². The maximum Gasteiger partial charge on any atom is 0.408 e. The number of alkyl carbamates (subject to hydrolysis) is 1. The van der Waals surface area contributed by atoms with Crippen LogP contribution in [0.4, 0.5) is 4.79 Å². The van der Waals surface area contributed by atoms with Crippen molar-refractivity contribution >= 4 is 17.9 Å². The third-order valence-corrected chi connectivity index (χ3v) is 7.32. The molecule has 0 aromatic heterocycles. The third-order valence-electron chi connectivity index (χ3n) is 7.32. The van der Waals surface area contributed by atoms with E-state index in [0.717, 1.165) is 12.0 Å². The predicted molar refractivity (Wildman–Crippen MR) is 134 cm³/mol. The van der Waals surface area contributed by atoms with E-state index in [1.807, 2.05) is 34.9 Å². The summed E-state index contributed by atoms with van der Waals surface area (Å²) in [6.07, 6.45) is 1.27. The first kappa shape index (κ1) is 26.4. The molecule has 3 heterocycles. The van der Waals surface area contributed by atoms with E-state index in [2.05, 4.69) is 17.5 Å². The highest BCUT2D eigenvalue weighted by Crippen LogP contribution is 2.38. The lowest BCUT2D eigenvalue weighted by molar-refractivity contribution is -0.141. The molecule has 0 radical (unpaired) electrons. The van der Waals surface area contributed by atoms with E-state index >= 15 is 0 Å². The smallest absolute Gasteiger partial charge is 0.408 e. The van der Waals surface area contributed by atoms with E-state index in [1.165, 1.54) is 4.90 Å². The van der Waals surface area contributed by atoms with E-state index < -0.39 is 29.8 Å². The molecule has 0 aliphatic carbocycles. The van der Waals surface area contributed by atoms with Crippen molar-refractivity contribution in [2.45, 2.75) is 82.8 Å². The van der Waals surface area contributed by atoms with Crippen molar-refractivity contribution in [2.75, 3.05) is 19.6 Å². The number of nitrogens with zero attached hydrogens (tertiary/aromatic N) is 5. The lowest BCUT2D eigenvalue weighted by atomic mass is 10.0. The number of nitrogens with one attached hydrogen (secondary N) is 1. The van der Waals surface area contributed by atoms with Crippen LogP contribution >= 0.6 is 0 Å². The second-order valence-electron chi connectivity index (χ2n) is 11.0. The number of hydrogen-bond acceptors (Lipinski definition) is 7. The summed E-state index contributed by atoms with van der Waals surface area (Å²) < 4.78 is 5.40. The Balaban J connectivity index is 1.48. The molecule has 1 unspecified atom stereocenters. The van der Waals surface area contributed by atoms with E-state index in [9.17, 15) is 24.9 Å². The molecule has 10 heteroatoms.